The van der Waals surface area contributed by atoms with E-state index in [9.17, 15) is 14.7 Å². The van der Waals surface area contributed by atoms with Crippen molar-refractivity contribution in [2.45, 2.75) is 19.6 Å². The van der Waals surface area contributed by atoms with Crippen LogP contribution in [0.1, 0.15) is 22.2 Å². The van der Waals surface area contributed by atoms with Crippen LogP contribution in [0.4, 0.5) is 0 Å². The highest BCUT2D eigenvalue weighted by molar-refractivity contribution is 7.21. The fourth-order valence-electron chi connectivity index (χ4n) is 1.56. The number of aliphatic carboxylic acids is 1. The number of carbonyl (C=O) groups is 2. The fourth-order valence-corrected chi connectivity index (χ4v) is 2.58. The standard InChI is InChI=1S/C12H12N2O4S/c1-6(12(17)18)14-11(16)9-4-8-10(19-9)7(5-15)2-3-13-8/h2-4,6,15H,5H2,1H3,(H,14,16)(H,17,18). The summed E-state index contributed by atoms with van der Waals surface area (Å²) in [7, 11) is 0. The van der Waals surface area contributed by atoms with Gasteiger partial charge >= 0.3 is 5.97 Å². The van der Waals surface area contributed by atoms with Gasteiger partial charge in [0.25, 0.3) is 5.91 Å². The number of aliphatic hydroxyl groups excluding tert-OH is 1. The molecule has 0 fully saturated rings. The molecule has 0 aliphatic heterocycles. The van der Waals surface area contributed by atoms with E-state index in [1.807, 2.05) is 0 Å². The number of aliphatic hydroxyl groups is 1. The maximum absolute atomic E-state index is 11.9. The van der Waals surface area contributed by atoms with E-state index in [1.165, 1.54) is 18.3 Å². The summed E-state index contributed by atoms with van der Waals surface area (Å²) in [6, 6.07) is 2.31. The van der Waals surface area contributed by atoms with Gasteiger partial charge in [0.1, 0.15) is 6.04 Å². The molecule has 0 radical (unpaired) electrons. The van der Waals surface area contributed by atoms with Crippen molar-refractivity contribution in [3.63, 3.8) is 0 Å². The molecule has 6 nitrogen and oxygen atoms in total. The largest absolute Gasteiger partial charge is 0.480 e. The number of carboxylic acids is 1. The van der Waals surface area contributed by atoms with Crippen molar-refractivity contribution in [2.75, 3.05) is 0 Å². The van der Waals surface area contributed by atoms with Gasteiger partial charge in [-0.25, -0.2) is 0 Å². The Labute approximate surface area is 112 Å². The van der Waals surface area contributed by atoms with E-state index in [4.69, 9.17) is 5.11 Å². The number of amides is 1. The van der Waals surface area contributed by atoms with E-state index in [0.717, 1.165) is 4.70 Å². The van der Waals surface area contributed by atoms with Crippen LogP contribution in [-0.4, -0.2) is 33.1 Å². The summed E-state index contributed by atoms with van der Waals surface area (Å²) in [4.78, 5) is 27.0. The van der Waals surface area contributed by atoms with Gasteiger partial charge in [-0.2, -0.15) is 0 Å². The number of nitrogens with zero attached hydrogens (tertiary/aromatic N) is 1. The molecule has 2 rings (SSSR count). The van der Waals surface area contributed by atoms with Crippen molar-refractivity contribution in [2.24, 2.45) is 0 Å². The fraction of sp³-hybridized carbons (Fsp3) is 0.250. The van der Waals surface area contributed by atoms with Crippen LogP contribution in [0.25, 0.3) is 10.2 Å². The molecule has 1 unspecified atom stereocenters. The summed E-state index contributed by atoms with van der Waals surface area (Å²) < 4.78 is 0.734. The van der Waals surface area contributed by atoms with E-state index >= 15 is 0 Å². The Hall–Kier alpha value is -1.99. The Morgan fingerprint density at radius 2 is 2.26 bits per heavy atom. The number of pyridine rings is 1. The van der Waals surface area contributed by atoms with Crippen LogP contribution >= 0.6 is 11.3 Å². The topological polar surface area (TPSA) is 99.5 Å². The lowest BCUT2D eigenvalue weighted by Crippen LogP contribution is -2.37. The zero-order valence-corrected chi connectivity index (χ0v) is 10.9. The number of carboxylic acid groups (broad SMARTS) is 1. The molecule has 0 spiro atoms. The number of hydrogen-bond acceptors (Lipinski definition) is 5. The predicted molar refractivity (Wildman–Crippen MR) is 70.1 cm³/mol. The predicted octanol–water partition coefficient (Wildman–Crippen LogP) is 0.992. The quantitative estimate of drug-likeness (QED) is 0.775. The Bertz CT molecular complexity index is 638. The van der Waals surface area contributed by atoms with Crippen molar-refractivity contribution in [1.29, 1.82) is 0 Å². The van der Waals surface area contributed by atoms with Gasteiger partial charge in [0.2, 0.25) is 0 Å². The SMILES string of the molecule is CC(NC(=O)c1cc2nccc(CO)c2s1)C(=O)O. The van der Waals surface area contributed by atoms with E-state index in [2.05, 4.69) is 10.3 Å². The molecule has 0 aliphatic carbocycles. The van der Waals surface area contributed by atoms with Gasteiger partial charge in [-0.3, -0.25) is 14.6 Å². The first-order valence-electron chi connectivity index (χ1n) is 5.55. The monoisotopic (exact) mass is 280 g/mol. The van der Waals surface area contributed by atoms with Crippen LogP contribution in [0.5, 0.6) is 0 Å². The van der Waals surface area contributed by atoms with Crippen molar-refractivity contribution in [3.05, 3.63) is 28.8 Å². The summed E-state index contributed by atoms with van der Waals surface area (Å²) in [6.07, 6.45) is 1.56. The molecule has 2 aromatic rings. The third-order valence-electron chi connectivity index (χ3n) is 2.61. The molecular formula is C12H12N2O4S. The maximum atomic E-state index is 11.9. The normalized spacial score (nSPS) is 12.3. The van der Waals surface area contributed by atoms with Gasteiger partial charge in [0.15, 0.2) is 0 Å². The minimum atomic E-state index is -1.09. The van der Waals surface area contributed by atoms with E-state index in [0.29, 0.717) is 16.0 Å². The van der Waals surface area contributed by atoms with Gasteiger partial charge in [-0.15, -0.1) is 11.3 Å². The van der Waals surface area contributed by atoms with Crippen molar-refractivity contribution in [3.8, 4) is 0 Å². The van der Waals surface area contributed by atoms with Crippen LogP contribution < -0.4 is 5.32 Å². The zero-order chi connectivity index (χ0) is 14.0. The lowest BCUT2D eigenvalue weighted by molar-refractivity contribution is -0.138. The number of rotatable bonds is 4. The van der Waals surface area contributed by atoms with E-state index in [-0.39, 0.29) is 6.61 Å². The highest BCUT2D eigenvalue weighted by atomic mass is 32.1. The molecule has 0 aliphatic rings. The lowest BCUT2D eigenvalue weighted by Gasteiger charge is -2.07. The first kappa shape index (κ1) is 13.4. The molecule has 0 aromatic carbocycles. The van der Waals surface area contributed by atoms with Crippen LogP contribution in [0.2, 0.25) is 0 Å². The highest BCUT2D eigenvalue weighted by Crippen LogP contribution is 2.27. The van der Waals surface area contributed by atoms with Crippen molar-refractivity contribution >= 4 is 33.4 Å². The molecule has 19 heavy (non-hydrogen) atoms. The molecule has 1 atom stereocenters. The Balaban J connectivity index is 2.31. The number of carbonyl (C=O) groups excluding carboxylic acids is 1. The molecule has 2 aromatic heterocycles. The van der Waals surface area contributed by atoms with Gasteiger partial charge in [-0.1, -0.05) is 0 Å². The second kappa shape index (κ2) is 5.33. The number of hydrogen-bond donors (Lipinski definition) is 3. The molecule has 2 heterocycles. The van der Waals surface area contributed by atoms with Crippen LogP contribution in [0.3, 0.4) is 0 Å². The third-order valence-corrected chi connectivity index (χ3v) is 3.80. The lowest BCUT2D eigenvalue weighted by atomic mass is 10.2. The maximum Gasteiger partial charge on any atom is 0.325 e. The Kier molecular flexibility index (Phi) is 3.77. The second-order valence-corrected chi connectivity index (χ2v) is 5.04. The summed E-state index contributed by atoms with van der Waals surface area (Å²) in [5.41, 5.74) is 1.31. The van der Waals surface area contributed by atoms with Crippen LogP contribution in [0.15, 0.2) is 18.3 Å². The van der Waals surface area contributed by atoms with Gasteiger partial charge in [0, 0.05) is 6.20 Å². The van der Waals surface area contributed by atoms with Crippen LogP contribution in [-0.2, 0) is 11.4 Å². The molecule has 7 heteroatoms. The second-order valence-electron chi connectivity index (χ2n) is 3.99. The summed E-state index contributed by atoms with van der Waals surface area (Å²) >= 11 is 1.18. The number of thiophene rings is 1. The molecule has 3 N–H and O–H groups in total. The first-order chi connectivity index (χ1) is 9.02. The number of nitrogens with one attached hydrogen (secondary N) is 1. The number of fused-ring (bicyclic) bond motifs is 1. The zero-order valence-electron chi connectivity index (χ0n) is 10.1. The first-order valence-corrected chi connectivity index (χ1v) is 6.36. The van der Waals surface area contributed by atoms with Gasteiger partial charge in [0.05, 0.1) is 21.7 Å². The van der Waals surface area contributed by atoms with Crippen LogP contribution in [0, 0.1) is 0 Å². The van der Waals surface area contributed by atoms with Crippen molar-refractivity contribution in [1.82, 2.24) is 10.3 Å². The van der Waals surface area contributed by atoms with Gasteiger partial charge in [-0.05, 0) is 24.6 Å². The molecule has 0 bridgehead atoms. The average molecular weight is 280 g/mol. The van der Waals surface area contributed by atoms with E-state index < -0.39 is 17.9 Å². The number of aromatic nitrogens is 1. The smallest absolute Gasteiger partial charge is 0.325 e. The molecule has 0 saturated heterocycles. The molecule has 0 saturated carbocycles. The molecular weight excluding hydrogens is 268 g/mol. The summed E-state index contributed by atoms with van der Waals surface area (Å²) in [6.45, 7) is 1.26. The average Bonchev–Trinajstić information content (AvgIpc) is 2.82. The Morgan fingerprint density at radius 1 is 1.53 bits per heavy atom. The van der Waals surface area contributed by atoms with E-state index in [1.54, 1.807) is 18.3 Å². The summed E-state index contributed by atoms with van der Waals surface area (Å²) in [5.74, 6) is -1.55. The molecule has 1 amide bonds. The molecule has 100 valence electrons. The third kappa shape index (κ3) is 2.72. The van der Waals surface area contributed by atoms with Crippen molar-refractivity contribution < 1.29 is 19.8 Å². The van der Waals surface area contributed by atoms with Gasteiger partial charge < -0.3 is 15.5 Å². The summed E-state index contributed by atoms with van der Waals surface area (Å²) in [5, 5.41) is 20.3. The highest BCUT2D eigenvalue weighted by Gasteiger charge is 2.18. The Morgan fingerprint density at radius 3 is 2.89 bits per heavy atom. The minimum absolute atomic E-state index is 0.133. The minimum Gasteiger partial charge on any atom is -0.480 e.